The van der Waals surface area contributed by atoms with Crippen molar-refractivity contribution in [1.82, 2.24) is 10.2 Å². The number of carbonyl (C=O) groups excluding carboxylic acids is 2. The maximum Gasteiger partial charge on any atom is 0.289 e. The SMILES string of the molecule is COc1cccc(CCNC(=O)C2CCN(C(=O)c3ccco3)CC2)c1. The number of hydrogen-bond donors (Lipinski definition) is 1. The number of piperidine rings is 1. The van der Waals surface area contributed by atoms with Gasteiger partial charge in [0, 0.05) is 25.6 Å². The Kier molecular flexibility index (Phi) is 5.94. The van der Waals surface area contributed by atoms with Gasteiger partial charge in [-0.1, -0.05) is 12.1 Å². The van der Waals surface area contributed by atoms with Crippen LogP contribution in [0, 0.1) is 5.92 Å². The zero-order valence-corrected chi connectivity index (χ0v) is 14.9. The van der Waals surface area contributed by atoms with E-state index in [1.165, 1.54) is 6.26 Å². The van der Waals surface area contributed by atoms with Crippen molar-refractivity contribution < 1.29 is 18.7 Å². The molecule has 6 heteroatoms. The Labute approximate surface area is 153 Å². The van der Waals surface area contributed by atoms with Gasteiger partial charge in [0.25, 0.3) is 5.91 Å². The van der Waals surface area contributed by atoms with Crippen LogP contribution in [0.15, 0.2) is 47.1 Å². The topological polar surface area (TPSA) is 71.8 Å². The predicted molar refractivity (Wildman–Crippen MR) is 97.0 cm³/mol. The van der Waals surface area contributed by atoms with Crippen LogP contribution in [-0.2, 0) is 11.2 Å². The number of ether oxygens (including phenoxy) is 1. The van der Waals surface area contributed by atoms with E-state index >= 15 is 0 Å². The molecule has 1 aliphatic rings. The molecule has 138 valence electrons. The highest BCUT2D eigenvalue weighted by molar-refractivity contribution is 5.91. The molecule has 0 bridgehead atoms. The fourth-order valence-corrected chi connectivity index (χ4v) is 3.20. The van der Waals surface area contributed by atoms with Gasteiger partial charge in [-0.3, -0.25) is 9.59 Å². The summed E-state index contributed by atoms with van der Waals surface area (Å²) in [6.07, 6.45) is 3.61. The summed E-state index contributed by atoms with van der Waals surface area (Å²) in [7, 11) is 1.64. The zero-order valence-electron chi connectivity index (χ0n) is 14.9. The first-order valence-electron chi connectivity index (χ1n) is 8.91. The number of furan rings is 1. The summed E-state index contributed by atoms with van der Waals surface area (Å²) in [5.74, 6) is 1.10. The van der Waals surface area contributed by atoms with Gasteiger partial charge in [0.15, 0.2) is 5.76 Å². The second-order valence-corrected chi connectivity index (χ2v) is 6.44. The molecule has 0 unspecified atom stereocenters. The molecular formula is C20H24N2O4. The number of methoxy groups -OCH3 is 1. The van der Waals surface area contributed by atoms with Crippen molar-refractivity contribution in [3.63, 3.8) is 0 Å². The Hall–Kier alpha value is -2.76. The lowest BCUT2D eigenvalue weighted by Gasteiger charge is -2.30. The molecule has 0 aliphatic carbocycles. The fraction of sp³-hybridized carbons (Fsp3) is 0.400. The number of nitrogens with zero attached hydrogens (tertiary/aromatic N) is 1. The number of nitrogens with one attached hydrogen (secondary N) is 1. The van der Waals surface area contributed by atoms with Gasteiger partial charge < -0.3 is 19.4 Å². The standard InChI is InChI=1S/C20H24N2O4/c1-25-17-5-2-4-15(14-17)7-10-21-19(23)16-8-11-22(12-9-16)20(24)18-6-3-13-26-18/h2-6,13-14,16H,7-12H2,1H3,(H,21,23). The third-order valence-electron chi connectivity index (χ3n) is 4.73. The van der Waals surface area contributed by atoms with E-state index in [1.54, 1.807) is 24.1 Å². The highest BCUT2D eigenvalue weighted by Crippen LogP contribution is 2.19. The smallest absolute Gasteiger partial charge is 0.289 e. The van der Waals surface area contributed by atoms with Crippen LogP contribution < -0.4 is 10.1 Å². The van der Waals surface area contributed by atoms with Crippen LogP contribution in [0.4, 0.5) is 0 Å². The Morgan fingerprint density at radius 3 is 2.73 bits per heavy atom. The van der Waals surface area contributed by atoms with E-state index in [1.807, 2.05) is 24.3 Å². The highest BCUT2D eigenvalue weighted by atomic mass is 16.5. The van der Waals surface area contributed by atoms with Gasteiger partial charge in [0.1, 0.15) is 5.75 Å². The maximum atomic E-state index is 12.4. The minimum atomic E-state index is -0.105. The average Bonchev–Trinajstić information content (AvgIpc) is 3.22. The van der Waals surface area contributed by atoms with E-state index in [4.69, 9.17) is 9.15 Å². The van der Waals surface area contributed by atoms with Crippen LogP contribution in [0.1, 0.15) is 29.0 Å². The van der Waals surface area contributed by atoms with E-state index in [2.05, 4.69) is 5.32 Å². The highest BCUT2D eigenvalue weighted by Gasteiger charge is 2.28. The summed E-state index contributed by atoms with van der Waals surface area (Å²) in [5.41, 5.74) is 1.13. The first-order valence-corrected chi connectivity index (χ1v) is 8.91. The molecule has 2 aromatic rings. The minimum Gasteiger partial charge on any atom is -0.497 e. The van der Waals surface area contributed by atoms with E-state index in [9.17, 15) is 9.59 Å². The van der Waals surface area contributed by atoms with Crippen LogP contribution >= 0.6 is 0 Å². The molecule has 1 aromatic heterocycles. The third kappa shape index (κ3) is 4.45. The van der Waals surface area contributed by atoms with E-state index in [-0.39, 0.29) is 17.7 Å². The second-order valence-electron chi connectivity index (χ2n) is 6.44. The summed E-state index contributed by atoms with van der Waals surface area (Å²) >= 11 is 0. The van der Waals surface area contributed by atoms with Crippen LogP contribution in [0.2, 0.25) is 0 Å². The maximum absolute atomic E-state index is 12.4. The van der Waals surface area contributed by atoms with Crippen molar-refractivity contribution in [2.45, 2.75) is 19.3 Å². The molecule has 0 radical (unpaired) electrons. The lowest BCUT2D eigenvalue weighted by atomic mass is 9.95. The fourth-order valence-electron chi connectivity index (χ4n) is 3.20. The molecule has 1 fully saturated rings. The van der Waals surface area contributed by atoms with Crippen LogP contribution in [0.3, 0.4) is 0 Å². The summed E-state index contributed by atoms with van der Waals surface area (Å²) in [5, 5.41) is 3.01. The lowest BCUT2D eigenvalue weighted by molar-refractivity contribution is -0.126. The van der Waals surface area contributed by atoms with Crippen molar-refractivity contribution >= 4 is 11.8 Å². The molecule has 1 saturated heterocycles. The summed E-state index contributed by atoms with van der Waals surface area (Å²) in [4.78, 5) is 26.3. The van der Waals surface area contributed by atoms with Gasteiger partial charge in [-0.05, 0) is 49.1 Å². The van der Waals surface area contributed by atoms with E-state index < -0.39 is 0 Å². The monoisotopic (exact) mass is 356 g/mol. The van der Waals surface area contributed by atoms with Gasteiger partial charge in [-0.25, -0.2) is 0 Å². The molecule has 3 rings (SSSR count). The second kappa shape index (κ2) is 8.56. The predicted octanol–water partition coefficient (Wildman–Crippen LogP) is 2.50. The molecule has 2 heterocycles. The van der Waals surface area contributed by atoms with Gasteiger partial charge in [-0.2, -0.15) is 0 Å². The minimum absolute atomic E-state index is 0.0408. The molecule has 1 N–H and O–H groups in total. The van der Waals surface area contributed by atoms with Gasteiger partial charge in [0.2, 0.25) is 5.91 Å². The summed E-state index contributed by atoms with van der Waals surface area (Å²) in [6.45, 7) is 1.75. The van der Waals surface area contributed by atoms with Crippen molar-refractivity contribution in [2.75, 3.05) is 26.7 Å². The Morgan fingerprint density at radius 1 is 1.23 bits per heavy atom. The van der Waals surface area contributed by atoms with Gasteiger partial charge in [-0.15, -0.1) is 0 Å². The third-order valence-corrected chi connectivity index (χ3v) is 4.73. The number of likely N-dealkylation sites (tertiary alicyclic amines) is 1. The van der Waals surface area contributed by atoms with Crippen LogP contribution in [0.25, 0.3) is 0 Å². The average molecular weight is 356 g/mol. The van der Waals surface area contributed by atoms with E-state index in [0.29, 0.717) is 38.2 Å². The largest absolute Gasteiger partial charge is 0.497 e. The normalized spacial score (nSPS) is 14.9. The molecule has 6 nitrogen and oxygen atoms in total. The van der Waals surface area contributed by atoms with Crippen molar-refractivity contribution in [3.05, 3.63) is 54.0 Å². The molecule has 2 amide bonds. The quantitative estimate of drug-likeness (QED) is 0.863. The van der Waals surface area contributed by atoms with Crippen LogP contribution in [-0.4, -0.2) is 43.5 Å². The van der Waals surface area contributed by atoms with Gasteiger partial charge in [0.05, 0.1) is 13.4 Å². The van der Waals surface area contributed by atoms with Crippen molar-refractivity contribution in [3.8, 4) is 5.75 Å². The molecule has 0 atom stereocenters. The summed E-state index contributed by atoms with van der Waals surface area (Å²) < 4.78 is 10.4. The number of hydrogen-bond acceptors (Lipinski definition) is 4. The van der Waals surface area contributed by atoms with Crippen LogP contribution in [0.5, 0.6) is 5.75 Å². The summed E-state index contributed by atoms with van der Waals surface area (Å²) in [6, 6.07) is 11.2. The van der Waals surface area contributed by atoms with Crippen molar-refractivity contribution in [1.29, 1.82) is 0 Å². The Bertz CT molecular complexity index is 734. The molecule has 0 saturated carbocycles. The van der Waals surface area contributed by atoms with E-state index in [0.717, 1.165) is 17.7 Å². The Morgan fingerprint density at radius 2 is 2.04 bits per heavy atom. The first kappa shape index (κ1) is 18.0. The zero-order chi connectivity index (χ0) is 18.4. The molecule has 0 spiro atoms. The number of rotatable bonds is 6. The van der Waals surface area contributed by atoms with Gasteiger partial charge >= 0.3 is 0 Å². The molecular weight excluding hydrogens is 332 g/mol. The number of benzene rings is 1. The number of carbonyl (C=O) groups is 2. The number of amides is 2. The van der Waals surface area contributed by atoms with Crippen molar-refractivity contribution in [2.24, 2.45) is 5.92 Å². The molecule has 1 aliphatic heterocycles. The lowest BCUT2D eigenvalue weighted by Crippen LogP contribution is -2.43. The Balaban J connectivity index is 1.41. The molecule has 1 aromatic carbocycles. The molecule has 26 heavy (non-hydrogen) atoms. The first-order chi connectivity index (χ1) is 12.7.